The zero-order valence-corrected chi connectivity index (χ0v) is 20.0. The van der Waals surface area contributed by atoms with E-state index in [9.17, 15) is 14.7 Å². The lowest BCUT2D eigenvalue weighted by atomic mass is 9.95. The van der Waals surface area contributed by atoms with Crippen molar-refractivity contribution in [3.63, 3.8) is 0 Å². The Labute approximate surface area is 201 Å². The molecule has 1 unspecified atom stereocenters. The fraction of sp³-hybridized carbons (Fsp3) is 0.185. The molecule has 0 spiro atoms. The van der Waals surface area contributed by atoms with Crippen molar-refractivity contribution in [1.82, 2.24) is 0 Å². The second-order valence-electron chi connectivity index (χ2n) is 8.29. The van der Waals surface area contributed by atoms with Gasteiger partial charge in [0.05, 0.1) is 18.2 Å². The van der Waals surface area contributed by atoms with Crippen molar-refractivity contribution in [1.29, 1.82) is 0 Å². The Kier molecular flexibility index (Phi) is 6.65. The molecule has 1 amide bonds. The number of carbonyl (C=O) groups excluding carboxylic acids is 2. The maximum atomic E-state index is 13.2. The predicted molar refractivity (Wildman–Crippen MR) is 132 cm³/mol. The van der Waals surface area contributed by atoms with E-state index >= 15 is 0 Å². The van der Waals surface area contributed by atoms with Crippen LogP contribution >= 0.6 is 15.9 Å². The monoisotopic (exact) mass is 505 g/mol. The Morgan fingerprint density at radius 1 is 1.00 bits per heavy atom. The number of carbonyl (C=O) groups is 2. The van der Waals surface area contributed by atoms with Crippen LogP contribution in [0.4, 0.5) is 5.69 Å². The number of rotatable bonds is 6. The summed E-state index contributed by atoms with van der Waals surface area (Å²) in [6.45, 7) is 4.63. The summed E-state index contributed by atoms with van der Waals surface area (Å²) in [6, 6.07) is 22.6. The molecular formula is C27H24BrNO4. The van der Waals surface area contributed by atoms with Gasteiger partial charge in [-0.1, -0.05) is 78.3 Å². The van der Waals surface area contributed by atoms with Gasteiger partial charge in [-0.3, -0.25) is 14.5 Å². The number of amides is 1. The maximum Gasteiger partial charge on any atom is 0.300 e. The van der Waals surface area contributed by atoms with Crippen molar-refractivity contribution in [2.24, 2.45) is 5.92 Å². The first-order valence-electron chi connectivity index (χ1n) is 10.7. The summed E-state index contributed by atoms with van der Waals surface area (Å²) in [5.41, 5.74) is 1.76. The number of halogens is 1. The van der Waals surface area contributed by atoms with Gasteiger partial charge in [-0.05, 0) is 41.8 Å². The lowest BCUT2D eigenvalue weighted by Crippen LogP contribution is -2.29. The molecule has 3 aromatic carbocycles. The molecule has 5 nitrogen and oxygen atoms in total. The molecule has 0 aliphatic carbocycles. The number of ketones is 1. The third-order valence-electron chi connectivity index (χ3n) is 5.34. The molecule has 0 aromatic heterocycles. The topological polar surface area (TPSA) is 66.8 Å². The van der Waals surface area contributed by atoms with Crippen LogP contribution in [0, 0.1) is 5.92 Å². The van der Waals surface area contributed by atoms with Gasteiger partial charge in [-0.15, -0.1) is 0 Å². The summed E-state index contributed by atoms with van der Waals surface area (Å²) in [4.78, 5) is 27.8. The molecule has 0 saturated carbocycles. The minimum absolute atomic E-state index is 0.0483. The van der Waals surface area contributed by atoms with Crippen LogP contribution < -0.4 is 9.64 Å². The normalized spacial score (nSPS) is 17.6. The van der Waals surface area contributed by atoms with Gasteiger partial charge in [0, 0.05) is 15.7 Å². The van der Waals surface area contributed by atoms with Crippen LogP contribution in [-0.2, 0) is 9.59 Å². The van der Waals surface area contributed by atoms with E-state index in [0.717, 1.165) is 10.0 Å². The van der Waals surface area contributed by atoms with E-state index in [-0.39, 0.29) is 11.3 Å². The molecule has 0 bridgehead atoms. The third-order valence-corrected chi connectivity index (χ3v) is 5.83. The standard InChI is InChI=1S/C27H24BrNO4/c1-17(2)16-33-22-13-6-10-19(14-22)25(30)23-24(18-8-4-3-5-9-18)29(27(32)26(23)31)21-12-7-11-20(28)15-21/h3-15,17,24,30H,16H2,1-2H3/b25-23+. The molecule has 3 aromatic rings. The lowest BCUT2D eigenvalue weighted by molar-refractivity contribution is -0.132. The molecule has 1 saturated heterocycles. The van der Waals surface area contributed by atoms with E-state index < -0.39 is 17.7 Å². The van der Waals surface area contributed by atoms with Gasteiger partial charge >= 0.3 is 0 Å². The molecule has 1 N–H and O–H groups in total. The minimum atomic E-state index is -0.763. The smallest absolute Gasteiger partial charge is 0.300 e. The van der Waals surface area contributed by atoms with Gasteiger partial charge in [-0.2, -0.15) is 0 Å². The predicted octanol–water partition coefficient (Wildman–Crippen LogP) is 6.11. The minimum Gasteiger partial charge on any atom is -0.507 e. The largest absolute Gasteiger partial charge is 0.507 e. The van der Waals surface area contributed by atoms with E-state index in [1.165, 1.54) is 4.90 Å². The van der Waals surface area contributed by atoms with Crippen LogP contribution in [0.25, 0.3) is 5.76 Å². The van der Waals surface area contributed by atoms with Crippen molar-refractivity contribution >= 4 is 39.1 Å². The molecule has 1 aliphatic rings. The van der Waals surface area contributed by atoms with Gasteiger partial charge < -0.3 is 9.84 Å². The van der Waals surface area contributed by atoms with Gasteiger partial charge in [0.15, 0.2) is 0 Å². The van der Waals surface area contributed by atoms with Crippen molar-refractivity contribution < 1.29 is 19.4 Å². The Morgan fingerprint density at radius 2 is 1.73 bits per heavy atom. The highest BCUT2D eigenvalue weighted by Crippen LogP contribution is 2.42. The highest BCUT2D eigenvalue weighted by Gasteiger charge is 2.46. The van der Waals surface area contributed by atoms with E-state index in [0.29, 0.717) is 29.5 Å². The van der Waals surface area contributed by atoms with Crippen LogP contribution in [0.3, 0.4) is 0 Å². The molecule has 1 heterocycles. The fourth-order valence-corrected chi connectivity index (χ4v) is 4.21. The van der Waals surface area contributed by atoms with E-state index in [4.69, 9.17) is 4.74 Å². The first-order valence-corrected chi connectivity index (χ1v) is 11.5. The molecule has 1 aliphatic heterocycles. The number of aliphatic hydroxyl groups excluding tert-OH is 1. The van der Waals surface area contributed by atoms with Crippen molar-refractivity contribution in [3.05, 3.63) is 100 Å². The van der Waals surface area contributed by atoms with Crippen LogP contribution in [-0.4, -0.2) is 23.4 Å². The lowest BCUT2D eigenvalue weighted by Gasteiger charge is -2.25. The van der Waals surface area contributed by atoms with Gasteiger partial charge in [-0.25, -0.2) is 0 Å². The quantitative estimate of drug-likeness (QED) is 0.249. The van der Waals surface area contributed by atoms with E-state index in [1.54, 1.807) is 42.5 Å². The number of aliphatic hydroxyl groups is 1. The molecule has 4 rings (SSSR count). The van der Waals surface area contributed by atoms with Crippen LogP contribution in [0.2, 0.25) is 0 Å². The molecule has 1 fully saturated rings. The summed E-state index contributed by atoms with van der Waals surface area (Å²) in [6.07, 6.45) is 0. The average molecular weight is 506 g/mol. The Hall–Kier alpha value is -3.38. The zero-order valence-electron chi connectivity index (χ0n) is 18.4. The summed E-state index contributed by atoms with van der Waals surface area (Å²) < 4.78 is 6.56. The number of ether oxygens (including phenoxy) is 1. The zero-order chi connectivity index (χ0) is 23.5. The highest BCUT2D eigenvalue weighted by molar-refractivity contribution is 9.10. The number of nitrogens with zero attached hydrogens (tertiary/aromatic N) is 1. The first-order chi connectivity index (χ1) is 15.9. The molecular weight excluding hydrogens is 482 g/mol. The third kappa shape index (κ3) is 4.71. The van der Waals surface area contributed by atoms with Crippen LogP contribution in [0.1, 0.15) is 31.0 Å². The molecule has 0 radical (unpaired) electrons. The van der Waals surface area contributed by atoms with Gasteiger partial charge in [0.2, 0.25) is 0 Å². The van der Waals surface area contributed by atoms with E-state index in [2.05, 4.69) is 15.9 Å². The second-order valence-corrected chi connectivity index (χ2v) is 9.21. The highest BCUT2D eigenvalue weighted by atomic mass is 79.9. The molecule has 168 valence electrons. The number of hydrogen-bond acceptors (Lipinski definition) is 4. The summed E-state index contributed by atoms with van der Waals surface area (Å²) in [5.74, 6) is -0.707. The molecule has 1 atom stereocenters. The maximum absolute atomic E-state index is 13.2. The number of Topliss-reactive ketones (excluding diaryl/α,β-unsaturated/α-hetero) is 1. The SMILES string of the molecule is CC(C)COc1cccc(/C(O)=C2\C(=O)C(=O)N(c3cccc(Br)c3)C2c2ccccc2)c1. The van der Waals surface area contributed by atoms with Crippen molar-refractivity contribution in [2.75, 3.05) is 11.5 Å². The first kappa shape index (κ1) is 22.8. The second kappa shape index (κ2) is 9.63. The Bertz CT molecular complexity index is 1220. The molecule has 6 heteroatoms. The van der Waals surface area contributed by atoms with Gasteiger partial charge in [0.1, 0.15) is 11.5 Å². The van der Waals surface area contributed by atoms with E-state index in [1.807, 2.05) is 50.2 Å². The summed E-state index contributed by atoms with van der Waals surface area (Å²) in [5, 5.41) is 11.3. The Morgan fingerprint density at radius 3 is 2.42 bits per heavy atom. The number of hydrogen-bond donors (Lipinski definition) is 1. The van der Waals surface area contributed by atoms with Crippen molar-refractivity contribution in [3.8, 4) is 5.75 Å². The number of benzene rings is 3. The fourth-order valence-electron chi connectivity index (χ4n) is 3.83. The van der Waals surface area contributed by atoms with Crippen molar-refractivity contribution in [2.45, 2.75) is 19.9 Å². The Balaban J connectivity index is 1.85. The number of anilines is 1. The summed E-state index contributed by atoms with van der Waals surface area (Å²) >= 11 is 3.44. The van der Waals surface area contributed by atoms with Crippen LogP contribution in [0.15, 0.2) is 88.9 Å². The molecule has 33 heavy (non-hydrogen) atoms. The average Bonchev–Trinajstić information content (AvgIpc) is 3.08. The van der Waals surface area contributed by atoms with Gasteiger partial charge in [0.25, 0.3) is 11.7 Å². The summed E-state index contributed by atoms with van der Waals surface area (Å²) in [7, 11) is 0. The van der Waals surface area contributed by atoms with Crippen LogP contribution in [0.5, 0.6) is 5.75 Å².